The van der Waals surface area contributed by atoms with Gasteiger partial charge in [0.05, 0.1) is 18.7 Å². The van der Waals surface area contributed by atoms with Crippen molar-refractivity contribution in [3.05, 3.63) is 40.4 Å². The molecule has 6 nitrogen and oxygen atoms in total. The fraction of sp³-hybridized carbons (Fsp3) is 0.421. The first-order chi connectivity index (χ1) is 12.5. The minimum atomic E-state index is -0.232. The van der Waals surface area contributed by atoms with Crippen molar-refractivity contribution < 1.29 is 14.3 Å². The minimum Gasteiger partial charge on any atom is -0.497 e. The molecule has 7 heteroatoms. The molecule has 3 rings (SSSR count). The fourth-order valence-electron chi connectivity index (χ4n) is 3.02. The molecule has 1 aromatic heterocycles. The van der Waals surface area contributed by atoms with Crippen molar-refractivity contribution >= 4 is 28.3 Å². The number of amides is 2. The van der Waals surface area contributed by atoms with Crippen LogP contribution in [0, 0.1) is 0 Å². The van der Waals surface area contributed by atoms with Gasteiger partial charge in [-0.3, -0.25) is 14.9 Å². The van der Waals surface area contributed by atoms with Crippen LogP contribution in [0.25, 0.3) is 0 Å². The molecule has 1 heterocycles. The smallest absolute Gasteiger partial charge is 0.257 e. The summed E-state index contributed by atoms with van der Waals surface area (Å²) in [7, 11) is 1.58. The highest BCUT2D eigenvalue weighted by Gasteiger charge is 2.30. The van der Waals surface area contributed by atoms with Gasteiger partial charge in [-0.25, -0.2) is 4.98 Å². The summed E-state index contributed by atoms with van der Waals surface area (Å²) in [5, 5.41) is 6.36. The highest BCUT2D eigenvalue weighted by Crippen LogP contribution is 2.37. The molecular formula is C19H23N3O3S. The average molecular weight is 373 g/mol. The largest absolute Gasteiger partial charge is 0.497 e. The fourth-order valence-corrected chi connectivity index (χ4v) is 4.08. The Morgan fingerprint density at radius 1 is 1.27 bits per heavy atom. The number of ether oxygens (including phenoxy) is 1. The SMILES string of the molecule is COc1ccc(C(=O)Nc2nc3c(s2)CCCC3C(=O)NC(C)C)cc1. The lowest BCUT2D eigenvalue weighted by molar-refractivity contribution is -0.123. The zero-order valence-corrected chi connectivity index (χ0v) is 16.0. The highest BCUT2D eigenvalue weighted by atomic mass is 32.1. The van der Waals surface area contributed by atoms with Crippen LogP contribution < -0.4 is 15.4 Å². The zero-order chi connectivity index (χ0) is 18.7. The number of nitrogens with one attached hydrogen (secondary N) is 2. The molecule has 2 amide bonds. The molecule has 1 atom stereocenters. The van der Waals surface area contributed by atoms with E-state index in [2.05, 4.69) is 15.6 Å². The Morgan fingerprint density at radius 3 is 2.65 bits per heavy atom. The van der Waals surface area contributed by atoms with Gasteiger partial charge in [0.1, 0.15) is 5.75 Å². The second kappa shape index (κ2) is 7.86. The lowest BCUT2D eigenvalue weighted by atomic mass is 9.90. The summed E-state index contributed by atoms with van der Waals surface area (Å²) in [4.78, 5) is 30.5. The number of carbonyl (C=O) groups is 2. The molecule has 0 bridgehead atoms. The van der Waals surface area contributed by atoms with Crippen LogP contribution >= 0.6 is 11.3 Å². The van der Waals surface area contributed by atoms with E-state index in [1.165, 1.54) is 11.3 Å². The Bertz CT molecular complexity index is 799. The molecule has 1 aromatic carbocycles. The Hall–Kier alpha value is -2.41. The molecule has 1 unspecified atom stereocenters. The number of carbonyl (C=O) groups excluding carboxylic acids is 2. The standard InChI is InChI=1S/C19H23N3O3S/c1-11(2)20-18(24)14-5-4-6-15-16(14)21-19(26-15)22-17(23)12-7-9-13(25-3)10-8-12/h7-11,14H,4-6H2,1-3H3,(H,20,24)(H,21,22,23). The Balaban J connectivity index is 1.75. The van der Waals surface area contributed by atoms with Gasteiger partial charge in [0.2, 0.25) is 5.91 Å². The van der Waals surface area contributed by atoms with Crippen LogP contribution in [-0.4, -0.2) is 29.9 Å². The van der Waals surface area contributed by atoms with Crippen molar-refractivity contribution in [2.75, 3.05) is 12.4 Å². The van der Waals surface area contributed by atoms with Gasteiger partial charge in [-0.1, -0.05) is 0 Å². The molecule has 0 aliphatic heterocycles. The van der Waals surface area contributed by atoms with Crippen LogP contribution in [0.1, 0.15) is 53.5 Å². The maximum atomic E-state index is 12.4. The lowest BCUT2D eigenvalue weighted by Crippen LogP contribution is -2.35. The van der Waals surface area contributed by atoms with Crippen LogP contribution in [0.4, 0.5) is 5.13 Å². The van der Waals surface area contributed by atoms with Crippen LogP contribution in [0.15, 0.2) is 24.3 Å². The Morgan fingerprint density at radius 2 is 2.00 bits per heavy atom. The van der Waals surface area contributed by atoms with Crippen molar-refractivity contribution in [3.63, 3.8) is 0 Å². The van der Waals surface area contributed by atoms with E-state index in [-0.39, 0.29) is 23.8 Å². The average Bonchev–Trinajstić information content (AvgIpc) is 3.03. The molecule has 1 aliphatic carbocycles. The molecule has 2 aromatic rings. The molecule has 0 spiro atoms. The normalized spacial score (nSPS) is 16.1. The van der Waals surface area contributed by atoms with E-state index in [4.69, 9.17) is 4.74 Å². The predicted octanol–water partition coefficient (Wildman–Crippen LogP) is 3.35. The number of fused-ring (bicyclic) bond motifs is 1. The van der Waals surface area contributed by atoms with E-state index in [0.717, 1.165) is 29.8 Å². The van der Waals surface area contributed by atoms with Crippen molar-refractivity contribution in [2.24, 2.45) is 0 Å². The van der Waals surface area contributed by atoms with Gasteiger partial charge >= 0.3 is 0 Å². The molecule has 0 saturated heterocycles. The third-order valence-corrected chi connectivity index (χ3v) is 5.32. The number of anilines is 1. The number of thiazole rings is 1. The van der Waals surface area contributed by atoms with Crippen LogP contribution in [0.5, 0.6) is 5.75 Å². The molecule has 138 valence electrons. The Labute approximate surface area is 157 Å². The molecular weight excluding hydrogens is 350 g/mol. The van der Waals surface area contributed by atoms with Gasteiger partial charge in [-0.2, -0.15) is 0 Å². The molecule has 0 radical (unpaired) electrons. The summed E-state index contributed by atoms with van der Waals surface area (Å²) in [5.74, 6) is 0.260. The topological polar surface area (TPSA) is 80.3 Å². The van der Waals surface area contributed by atoms with Crippen LogP contribution in [-0.2, 0) is 11.2 Å². The van der Waals surface area contributed by atoms with Gasteiger partial charge in [0.15, 0.2) is 5.13 Å². The summed E-state index contributed by atoms with van der Waals surface area (Å²) >= 11 is 1.46. The summed E-state index contributed by atoms with van der Waals surface area (Å²) in [6.45, 7) is 3.90. The molecule has 26 heavy (non-hydrogen) atoms. The van der Waals surface area contributed by atoms with Crippen molar-refractivity contribution in [1.82, 2.24) is 10.3 Å². The summed E-state index contributed by atoms with van der Waals surface area (Å²) < 4.78 is 5.10. The number of hydrogen-bond donors (Lipinski definition) is 2. The van der Waals surface area contributed by atoms with E-state index in [1.807, 2.05) is 13.8 Å². The van der Waals surface area contributed by atoms with E-state index in [0.29, 0.717) is 16.4 Å². The first kappa shape index (κ1) is 18.4. The number of aromatic nitrogens is 1. The summed E-state index contributed by atoms with van der Waals surface area (Å²) in [5.41, 5.74) is 1.34. The van der Waals surface area contributed by atoms with Gasteiger partial charge in [0, 0.05) is 16.5 Å². The Kier molecular flexibility index (Phi) is 5.56. The third kappa shape index (κ3) is 4.04. The quantitative estimate of drug-likeness (QED) is 0.842. The third-order valence-electron chi connectivity index (χ3n) is 4.27. The first-order valence-electron chi connectivity index (χ1n) is 8.73. The van der Waals surface area contributed by atoms with E-state index < -0.39 is 0 Å². The van der Waals surface area contributed by atoms with Crippen molar-refractivity contribution in [3.8, 4) is 5.75 Å². The maximum absolute atomic E-state index is 12.4. The first-order valence-corrected chi connectivity index (χ1v) is 9.55. The van der Waals surface area contributed by atoms with Gasteiger partial charge in [-0.15, -0.1) is 11.3 Å². The van der Waals surface area contributed by atoms with Crippen LogP contribution in [0.2, 0.25) is 0 Å². The second-order valence-corrected chi connectivity index (χ2v) is 7.70. The molecule has 2 N–H and O–H groups in total. The number of hydrogen-bond acceptors (Lipinski definition) is 5. The lowest BCUT2D eigenvalue weighted by Gasteiger charge is -2.21. The predicted molar refractivity (Wildman–Crippen MR) is 102 cm³/mol. The van der Waals surface area contributed by atoms with Crippen molar-refractivity contribution in [1.29, 1.82) is 0 Å². The molecule has 0 fully saturated rings. The van der Waals surface area contributed by atoms with E-state index in [9.17, 15) is 9.59 Å². The van der Waals surface area contributed by atoms with E-state index >= 15 is 0 Å². The summed E-state index contributed by atoms with van der Waals surface area (Å²) in [6.07, 6.45) is 2.65. The maximum Gasteiger partial charge on any atom is 0.257 e. The van der Waals surface area contributed by atoms with Crippen molar-refractivity contribution in [2.45, 2.75) is 45.1 Å². The van der Waals surface area contributed by atoms with Gasteiger partial charge in [0.25, 0.3) is 5.91 Å². The number of benzene rings is 1. The molecule has 1 aliphatic rings. The highest BCUT2D eigenvalue weighted by molar-refractivity contribution is 7.15. The number of aryl methyl sites for hydroxylation is 1. The van der Waals surface area contributed by atoms with Gasteiger partial charge < -0.3 is 10.1 Å². The monoisotopic (exact) mass is 373 g/mol. The number of nitrogens with zero attached hydrogens (tertiary/aromatic N) is 1. The van der Waals surface area contributed by atoms with Crippen LogP contribution in [0.3, 0.4) is 0 Å². The second-order valence-electron chi connectivity index (χ2n) is 6.62. The number of rotatable bonds is 5. The zero-order valence-electron chi connectivity index (χ0n) is 15.2. The van der Waals surface area contributed by atoms with E-state index in [1.54, 1.807) is 31.4 Å². The summed E-state index contributed by atoms with van der Waals surface area (Å²) in [6, 6.07) is 7.00. The molecule has 0 saturated carbocycles. The minimum absolute atomic E-state index is 0.0132. The van der Waals surface area contributed by atoms with Gasteiger partial charge in [-0.05, 0) is 57.4 Å². The number of methoxy groups -OCH3 is 1.